The van der Waals surface area contributed by atoms with E-state index in [9.17, 15) is 22.0 Å². The maximum Gasteiger partial charge on any atom is 0.345 e. The first-order valence-corrected chi connectivity index (χ1v) is 8.36. The van der Waals surface area contributed by atoms with Crippen LogP contribution in [-0.2, 0) is 10.0 Å². The van der Waals surface area contributed by atoms with E-state index in [0.717, 1.165) is 35.6 Å². The van der Waals surface area contributed by atoms with Gasteiger partial charge in [0.1, 0.15) is 16.5 Å². The van der Waals surface area contributed by atoms with Crippen LogP contribution in [0.5, 0.6) is 0 Å². The summed E-state index contributed by atoms with van der Waals surface area (Å²) in [5, 5.41) is 9.96. The van der Waals surface area contributed by atoms with E-state index in [1.807, 2.05) is 0 Å². The minimum absolute atomic E-state index is 0.134. The Kier molecular flexibility index (Phi) is 4.59. The highest BCUT2D eigenvalue weighted by molar-refractivity contribution is 7.89. The summed E-state index contributed by atoms with van der Waals surface area (Å²) < 4.78 is 53.2. The van der Waals surface area contributed by atoms with Gasteiger partial charge in [0, 0.05) is 17.0 Å². The number of benzene rings is 1. The highest BCUT2D eigenvalue weighted by Gasteiger charge is 2.23. The van der Waals surface area contributed by atoms with Gasteiger partial charge in [-0.25, -0.2) is 26.7 Å². The molecule has 0 saturated carbocycles. The molecule has 2 rings (SSSR count). The van der Waals surface area contributed by atoms with Gasteiger partial charge >= 0.3 is 5.97 Å². The van der Waals surface area contributed by atoms with Crippen molar-refractivity contribution in [2.75, 3.05) is 0 Å². The van der Waals surface area contributed by atoms with E-state index in [1.54, 1.807) is 0 Å². The Hall–Kier alpha value is -1.84. The van der Waals surface area contributed by atoms with Crippen molar-refractivity contribution >= 4 is 27.3 Å². The van der Waals surface area contributed by atoms with Crippen LogP contribution in [0.15, 0.2) is 34.5 Å². The molecule has 118 valence electrons. The number of hydrogen-bond donors (Lipinski definition) is 2. The van der Waals surface area contributed by atoms with Crippen molar-refractivity contribution < 1.29 is 27.1 Å². The van der Waals surface area contributed by atoms with Crippen LogP contribution in [0.2, 0.25) is 0 Å². The van der Waals surface area contributed by atoms with Crippen molar-refractivity contribution in [1.82, 2.24) is 4.72 Å². The van der Waals surface area contributed by atoms with E-state index in [1.165, 1.54) is 12.3 Å². The van der Waals surface area contributed by atoms with Gasteiger partial charge in [0.25, 0.3) is 0 Å². The average Bonchev–Trinajstić information content (AvgIpc) is 2.91. The zero-order chi connectivity index (χ0) is 16.5. The number of thiophene rings is 1. The Morgan fingerprint density at radius 2 is 2.00 bits per heavy atom. The van der Waals surface area contributed by atoms with Gasteiger partial charge in [0.2, 0.25) is 10.0 Å². The fraction of sp³-hybridized carbons (Fsp3) is 0.154. The van der Waals surface area contributed by atoms with Gasteiger partial charge in [-0.3, -0.25) is 0 Å². The lowest BCUT2D eigenvalue weighted by molar-refractivity contribution is 0.0702. The van der Waals surface area contributed by atoms with Crippen molar-refractivity contribution in [3.8, 4) is 0 Å². The Morgan fingerprint density at radius 1 is 1.32 bits per heavy atom. The monoisotopic (exact) mass is 347 g/mol. The smallest absolute Gasteiger partial charge is 0.345 e. The highest BCUT2D eigenvalue weighted by Crippen LogP contribution is 2.23. The van der Waals surface area contributed by atoms with Crippen molar-refractivity contribution in [2.45, 2.75) is 17.9 Å². The molecule has 22 heavy (non-hydrogen) atoms. The molecule has 0 saturated heterocycles. The van der Waals surface area contributed by atoms with Gasteiger partial charge in [-0.05, 0) is 31.2 Å². The highest BCUT2D eigenvalue weighted by atomic mass is 32.2. The molecule has 2 aromatic rings. The minimum Gasteiger partial charge on any atom is -0.477 e. The maximum atomic E-state index is 13.6. The average molecular weight is 347 g/mol. The molecule has 0 aliphatic rings. The van der Waals surface area contributed by atoms with Crippen molar-refractivity contribution in [3.63, 3.8) is 0 Å². The van der Waals surface area contributed by atoms with E-state index >= 15 is 0 Å². The summed E-state index contributed by atoms with van der Waals surface area (Å²) in [7, 11) is -4.04. The van der Waals surface area contributed by atoms with Crippen LogP contribution in [0.4, 0.5) is 8.78 Å². The Bertz CT molecular complexity index is 817. The molecule has 9 heteroatoms. The number of carboxylic acid groups (broad SMARTS) is 1. The molecule has 0 radical (unpaired) electrons. The molecular formula is C13H11F2NO4S2. The summed E-state index contributed by atoms with van der Waals surface area (Å²) in [6.07, 6.45) is 0. The molecule has 0 spiro atoms. The van der Waals surface area contributed by atoms with E-state index < -0.39 is 33.7 Å². The lowest BCUT2D eigenvalue weighted by atomic mass is 10.1. The molecule has 0 bridgehead atoms. The van der Waals surface area contributed by atoms with Crippen LogP contribution in [0, 0.1) is 11.6 Å². The number of nitrogens with one attached hydrogen (secondary N) is 1. The predicted molar refractivity (Wildman–Crippen MR) is 76.4 cm³/mol. The summed E-state index contributed by atoms with van der Waals surface area (Å²) in [5.74, 6) is -2.67. The van der Waals surface area contributed by atoms with Gasteiger partial charge in [-0.2, -0.15) is 0 Å². The lowest BCUT2D eigenvalue weighted by Crippen LogP contribution is -2.27. The number of aromatic carboxylic acids is 1. The molecule has 5 nitrogen and oxygen atoms in total. The van der Waals surface area contributed by atoms with E-state index in [4.69, 9.17) is 5.11 Å². The molecule has 1 aromatic carbocycles. The first kappa shape index (κ1) is 16.5. The van der Waals surface area contributed by atoms with Crippen LogP contribution in [0.3, 0.4) is 0 Å². The summed E-state index contributed by atoms with van der Waals surface area (Å²) in [6, 6.07) is 2.72. The van der Waals surface area contributed by atoms with Gasteiger partial charge in [-0.15, -0.1) is 11.3 Å². The molecular weight excluding hydrogens is 336 g/mol. The first-order valence-electron chi connectivity index (χ1n) is 6.00. The second-order valence-corrected chi connectivity index (χ2v) is 7.09. The predicted octanol–water partition coefficient (Wildman–Crippen LogP) is 2.76. The number of sulfonamides is 1. The maximum absolute atomic E-state index is 13.6. The van der Waals surface area contributed by atoms with E-state index in [0.29, 0.717) is 0 Å². The SMILES string of the molecule is CC(NS(=O)(=O)c1csc(C(=O)O)c1)c1cc(F)ccc1F. The third-order valence-corrected chi connectivity index (χ3v) is 5.44. The van der Waals surface area contributed by atoms with Crippen LogP contribution >= 0.6 is 11.3 Å². The lowest BCUT2D eigenvalue weighted by Gasteiger charge is -2.14. The van der Waals surface area contributed by atoms with Crippen LogP contribution in [0.1, 0.15) is 28.2 Å². The van der Waals surface area contributed by atoms with Gasteiger partial charge < -0.3 is 5.11 Å². The molecule has 1 unspecified atom stereocenters. The fourth-order valence-electron chi connectivity index (χ4n) is 1.78. The van der Waals surface area contributed by atoms with Gasteiger partial charge in [0.05, 0.1) is 4.90 Å². The van der Waals surface area contributed by atoms with Crippen LogP contribution in [0.25, 0.3) is 0 Å². The second kappa shape index (κ2) is 6.11. The summed E-state index contributed by atoms with van der Waals surface area (Å²) in [6.45, 7) is 1.36. The molecule has 2 N–H and O–H groups in total. The number of halogens is 2. The molecule has 0 aliphatic heterocycles. The zero-order valence-corrected chi connectivity index (χ0v) is 12.8. The topological polar surface area (TPSA) is 83.5 Å². The van der Waals surface area contributed by atoms with Crippen LogP contribution in [-0.4, -0.2) is 19.5 Å². The molecule has 1 heterocycles. The van der Waals surface area contributed by atoms with Crippen LogP contribution < -0.4 is 4.72 Å². The quantitative estimate of drug-likeness (QED) is 0.871. The Labute approximate surface area is 129 Å². The minimum atomic E-state index is -4.04. The zero-order valence-electron chi connectivity index (χ0n) is 11.2. The van der Waals surface area contributed by atoms with Gasteiger partial charge in [0.15, 0.2) is 0 Å². The number of rotatable bonds is 5. The number of carboxylic acids is 1. The molecule has 0 aliphatic carbocycles. The summed E-state index contributed by atoms with van der Waals surface area (Å²) in [4.78, 5) is 10.4. The third kappa shape index (κ3) is 3.49. The second-order valence-electron chi connectivity index (χ2n) is 4.46. The van der Waals surface area contributed by atoms with Crippen molar-refractivity contribution in [3.05, 3.63) is 51.7 Å². The summed E-state index contributed by atoms with van der Waals surface area (Å²) >= 11 is 0.760. The van der Waals surface area contributed by atoms with Gasteiger partial charge in [-0.1, -0.05) is 0 Å². The fourth-order valence-corrected chi connectivity index (χ4v) is 4.12. The standard InChI is InChI=1S/C13H11F2NO4S2/c1-7(10-4-8(14)2-3-11(10)15)16-22(19,20)9-5-12(13(17)18)21-6-9/h2-7,16H,1H3,(H,17,18). The molecule has 0 amide bonds. The van der Waals surface area contributed by atoms with E-state index in [2.05, 4.69) is 4.72 Å². The Morgan fingerprint density at radius 3 is 2.59 bits per heavy atom. The normalized spacial score (nSPS) is 13.0. The summed E-state index contributed by atoms with van der Waals surface area (Å²) in [5.41, 5.74) is -0.141. The number of carbonyl (C=O) groups is 1. The molecule has 0 fully saturated rings. The number of hydrogen-bond acceptors (Lipinski definition) is 4. The van der Waals surface area contributed by atoms with Crippen molar-refractivity contribution in [1.29, 1.82) is 0 Å². The molecule has 1 atom stereocenters. The third-order valence-electron chi connectivity index (χ3n) is 2.85. The molecule has 1 aromatic heterocycles. The largest absolute Gasteiger partial charge is 0.477 e. The Balaban J connectivity index is 2.27. The first-order chi connectivity index (χ1) is 10.2. The van der Waals surface area contributed by atoms with E-state index in [-0.39, 0.29) is 15.3 Å². The van der Waals surface area contributed by atoms with Crippen molar-refractivity contribution in [2.24, 2.45) is 0 Å².